The van der Waals surface area contributed by atoms with Crippen molar-refractivity contribution in [3.05, 3.63) is 18.1 Å². The van der Waals surface area contributed by atoms with E-state index in [-0.39, 0.29) is 5.91 Å². The Hall–Kier alpha value is -1.69. The minimum atomic E-state index is -0.190. The van der Waals surface area contributed by atoms with Crippen molar-refractivity contribution in [1.29, 1.82) is 0 Å². The normalized spacial score (nSPS) is 12.3. The molecule has 1 heterocycles. The lowest BCUT2D eigenvalue weighted by Crippen LogP contribution is -2.31. The third kappa shape index (κ3) is 5.65. The molecular formula is C13H23N5O. The fraction of sp³-hybridized carbons (Fsp3) is 0.615. The predicted molar refractivity (Wildman–Crippen MR) is 76.3 cm³/mol. The van der Waals surface area contributed by atoms with Crippen LogP contribution in [0.3, 0.4) is 0 Å². The van der Waals surface area contributed by atoms with Crippen molar-refractivity contribution in [1.82, 2.24) is 20.2 Å². The number of amides is 1. The number of anilines is 1. The van der Waals surface area contributed by atoms with Crippen LogP contribution < -0.4 is 10.6 Å². The van der Waals surface area contributed by atoms with Gasteiger partial charge in [-0.1, -0.05) is 6.92 Å². The molecule has 0 spiro atoms. The average Bonchev–Trinajstić information content (AvgIpc) is 2.38. The highest BCUT2D eigenvalue weighted by Gasteiger charge is 2.08. The van der Waals surface area contributed by atoms with Gasteiger partial charge in [0.15, 0.2) is 0 Å². The molecule has 6 nitrogen and oxygen atoms in total. The summed E-state index contributed by atoms with van der Waals surface area (Å²) in [6.45, 7) is 5.56. The Kier molecular flexibility index (Phi) is 6.21. The number of likely N-dealkylation sites (N-methyl/N-ethyl adjacent to an activating group) is 1. The lowest BCUT2D eigenvalue weighted by molar-refractivity contribution is 0.0945. The maximum absolute atomic E-state index is 11.8. The van der Waals surface area contributed by atoms with Crippen molar-refractivity contribution in [2.45, 2.75) is 26.3 Å². The lowest BCUT2D eigenvalue weighted by atomic mass is 10.3. The molecular weight excluding hydrogens is 242 g/mol. The van der Waals surface area contributed by atoms with E-state index in [0.29, 0.717) is 24.1 Å². The molecule has 1 aromatic rings. The van der Waals surface area contributed by atoms with E-state index < -0.39 is 0 Å². The van der Waals surface area contributed by atoms with Gasteiger partial charge in [-0.3, -0.25) is 4.79 Å². The van der Waals surface area contributed by atoms with Gasteiger partial charge in [-0.05, 0) is 27.4 Å². The van der Waals surface area contributed by atoms with Gasteiger partial charge in [0, 0.05) is 19.1 Å². The molecule has 0 aromatic carbocycles. The summed E-state index contributed by atoms with van der Waals surface area (Å²) < 4.78 is 0. The molecule has 1 rings (SSSR count). The Morgan fingerprint density at radius 1 is 1.37 bits per heavy atom. The van der Waals surface area contributed by atoms with Gasteiger partial charge in [0.1, 0.15) is 11.5 Å². The topological polar surface area (TPSA) is 70.2 Å². The summed E-state index contributed by atoms with van der Waals surface area (Å²) in [4.78, 5) is 22.1. The zero-order valence-electron chi connectivity index (χ0n) is 12.1. The van der Waals surface area contributed by atoms with E-state index in [1.807, 2.05) is 19.0 Å². The van der Waals surface area contributed by atoms with Crippen LogP contribution in [-0.2, 0) is 0 Å². The van der Waals surface area contributed by atoms with Gasteiger partial charge >= 0.3 is 0 Å². The summed E-state index contributed by atoms with van der Waals surface area (Å²) in [5.74, 6) is 0.503. The van der Waals surface area contributed by atoms with Crippen LogP contribution >= 0.6 is 0 Å². The third-order valence-electron chi connectivity index (χ3n) is 2.74. The predicted octanol–water partition coefficient (Wildman–Crippen LogP) is 0.978. The van der Waals surface area contributed by atoms with Gasteiger partial charge in [0.05, 0.1) is 12.4 Å². The van der Waals surface area contributed by atoms with Gasteiger partial charge < -0.3 is 15.5 Å². The van der Waals surface area contributed by atoms with Crippen LogP contribution in [0.25, 0.3) is 0 Å². The molecule has 0 radical (unpaired) electrons. The fourth-order valence-corrected chi connectivity index (χ4v) is 1.36. The van der Waals surface area contributed by atoms with E-state index in [2.05, 4.69) is 34.4 Å². The fourth-order valence-electron chi connectivity index (χ4n) is 1.36. The highest BCUT2D eigenvalue weighted by molar-refractivity contribution is 5.91. The van der Waals surface area contributed by atoms with Crippen LogP contribution in [-0.4, -0.2) is 54.0 Å². The first-order chi connectivity index (χ1) is 9.02. The number of hydrogen-bond acceptors (Lipinski definition) is 5. The SMILES string of the molecule is CCC(C)Nc1cnc(C(=O)NCCN(C)C)cn1. The Labute approximate surface area is 114 Å². The standard InChI is InChI=1S/C13H23N5O/c1-5-10(2)17-12-9-15-11(8-16-12)13(19)14-6-7-18(3)4/h8-10H,5-7H2,1-4H3,(H,14,19)(H,16,17). The summed E-state index contributed by atoms with van der Waals surface area (Å²) in [6.07, 6.45) is 4.09. The van der Waals surface area contributed by atoms with E-state index in [0.717, 1.165) is 13.0 Å². The zero-order valence-corrected chi connectivity index (χ0v) is 12.1. The molecule has 2 N–H and O–H groups in total. The second-order valence-corrected chi connectivity index (χ2v) is 4.80. The first kappa shape index (κ1) is 15.4. The monoisotopic (exact) mass is 265 g/mol. The Morgan fingerprint density at radius 2 is 2.11 bits per heavy atom. The molecule has 106 valence electrons. The Morgan fingerprint density at radius 3 is 2.63 bits per heavy atom. The molecule has 19 heavy (non-hydrogen) atoms. The Bertz CT molecular complexity index is 391. The summed E-state index contributed by atoms with van der Waals surface area (Å²) in [5.41, 5.74) is 0.341. The van der Waals surface area contributed by atoms with Crippen molar-refractivity contribution < 1.29 is 4.79 Å². The summed E-state index contributed by atoms with van der Waals surface area (Å²) >= 11 is 0. The van der Waals surface area contributed by atoms with Gasteiger partial charge in [-0.2, -0.15) is 0 Å². The first-order valence-corrected chi connectivity index (χ1v) is 6.54. The molecule has 0 saturated heterocycles. The molecule has 6 heteroatoms. The second-order valence-electron chi connectivity index (χ2n) is 4.80. The van der Waals surface area contributed by atoms with Crippen molar-refractivity contribution >= 4 is 11.7 Å². The number of hydrogen-bond donors (Lipinski definition) is 2. The van der Waals surface area contributed by atoms with Gasteiger partial charge in [0.25, 0.3) is 5.91 Å². The highest BCUT2D eigenvalue weighted by atomic mass is 16.1. The van der Waals surface area contributed by atoms with Crippen LogP contribution in [0, 0.1) is 0 Å². The number of carbonyl (C=O) groups excluding carboxylic acids is 1. The van der Waals surface area contributed by atoms with Crippen molar-refractivity contribution in [3.8, 4) is 0 Å². The molecule has 0 bridgehead atoms. The molecule has 1 unspecified atom stereocenters. The molecule has 1 amide bonds. The van der Waals surface area contributed by atoms with E-state index in [1.165, 1.54) is 6.20 Å². The lowest BCUT2D eigenvalue weighted by Gasteiger charge is -2.12. The molecule has 0 saturated carbocycles. The zero-order chi connectivity index (χ0) is 14.3. The first-order valence-electron chi connectivity index (χ1n) is 6.54. The van der Waals surface area contributed by atoms with Crippen LogP contribution in [0.5, 0.6) is 0 Å². The number of nitrogens with one attached hydrogen (secondary N) is 2. The average molecular weight is 265 g/mol. The summed E-state index contributed by atoms with van der Waals surface area (Å²) in [6, 6.07) is 0.342. The van der Waals surface area contributed by atoms with E-state index in [1.54, 1.807) is 6.20 Å². The Balaban J connectivity index is 2.48. The quantitative estimate of drug-likeness (QED) is 0.769. The van der Waals surface area contributed by atoms with Crippen molar-refractivity contribution in [2.24, 2.45) is 0 Å². The number of nitrogens with zero attached hydrogens (tertiary/aromatic N) is 3. The molecule has 0 aliphatic carbocycles. The molecule has 0 aliphatic rings. The van der Waals surface area contributed by atoms with Gasteiger partial charge in [-0.25, -0.2) is 9.97 Å². The minimum Gasteiger partial charge on any atom is -0.366 e. The van der Waals surface area contributed by atoms with E-state index in [9.17, 15) is 4.79 Å². The minimum absolute atomic E-state index is 0.190. The van der Waals surface area contributed by atoms with E-state index >= 15 is 0 Å². The van der Waals surface area contributed by atoms with E-state index in [4.69, 9.17) is 0 Å². The number of rotatable bonds is 7. The summed E-state index contributed by atoms with van der Waals surface area (Å²) in [7, 11) is 3.92. The second kappa shape index (κ2) is 7.68. The third-order valence-corrected chi connectivity index (χ3v) is 2.74. The van der Waals surface area contributed by atoms with Crippen molar-refractivity contribution in [3.63, 3.8) is 0 Å². The van der Waals surface area contributed by atoms with Crippen LogP contribution in [0.4, 0.5) is 5.82 Å². The molecule has 0 aliphatic heterocycles. The molecule has 1 aromatic heterocycles. The van der Waals surface area contributed by atoms with Gasteiger partial charge in [-0.15, -0.1) is 0 Å². The van der Waals surface area contributed by atoms with Crippen LogP contribution in [0.2, 0.25) is 0 Å². The number of carbonyl (C=O) groups is 1. The van der Waals surface area contributed by atoms with Crippen molar-refractivity contribution in [2.75, 3.05) is 32.5 Å². The highest BCUT2D eigenvalue weighted by Crippen LogP contribution is 2.04. The van der Waals surface area contributed by atoms with Crippen LogP contribution in [0.15, 0.2) is 12.4 Å². The smallest absolute Gasteiger partial charge is 0.271 e. The van der Waals surface area contributed by atoms with Crippen LogP contribution in [0.1, 0.15) is 30.8 Å². The molecule has 0 fully saturated rings. The number of aromatic nitrogens is 2. The molecule has 1 atom stereocenters. The summed E-state index contributed by atoms with van der Waals surface area (Å²) in [5, 5.41) is 6.00. The maximum Gasteiger partial charge on any atom is 0.271 e. The van der Waals surface area contributed by atoms with Gasteiger partial charge in [0.2, 0.25) is 0 Å². The largest absolute Gasteiger partial charge is 0.366 e. The maximum atomic E-state index is 11.8.